The van der Waals surface area contributed by atoms with Gasteiger partial charge < -0.3 is 9.64 Å². The fourth-order valence-corrected chi connectivity index (χ4v) is 4.68. The summed E-state index contributed by atoms with van der Waals surface area (Å²) in [6, 6.07) is 9.79. The molecule has 0 radical (unpaired) electrons. The van der Waals surface area contributed by atoms with E-state index in [9.17, 15) is 9.59 Å². The van der Waals surface area contributed by atoms with Crippen molar-refractivity contribution in [1.29, 1.82) is 0 Å². The number of likely N-dealkylation sites (tertiary alicyclic amines) is 1. The van der Waals surface area contributed by atoms with E-state index in [1.54, 1.807) is 11.8 Å². The number of alkyl halides is 2. The first kappa shape index (κ1) is 17.6. The molecular formula is C18H21Cl2NO3. The fourth-order valence-electron chi connectivity index (χ4n) is 3.80. The summed E-state index contributed by atoms with van der Waals surface area (Å²) in [5.74, 6) is -1.44. The fraction of sp³-hybridized carbons (Fsp3) is 0.556. The first-order chi connectivity index (χ1) is 11.5. The largest absolute Gasteiger partial charge is 0.464 e. The van der Waals surface area contributed by atoms with Crippen molar-refractivity contribution in [3.63, 3.8) is 0 Å². The molecule has 24 heavy (non-hydrogen) atoms. The molecule has 1 aliphatic carbocycles. The Morgan fingerprint density at radius 2 is 2.04 bits per heavy atom. The van der Waals surface area contributed by atoms with Gasteiger partial charge in [0.1, 0.15) is 0 Å². The van der Waals surface area contributed by atoms with Crippen molar-refractivity contribution in [1.82, 2.24) is 4.90 Å². The van der Waals surface area contributed by atoms with Gasteiger partial charge in [0.15, 0.2) is 0 Å². The Balaban J connectivity index is 1.93. The van der Waals surface area contributed by atoms with Crippen LogP contribution in [0.3, 0.4) is 0 Å². The summed E-state index contributed by atoms with van der Waals surface area (Å²) in [4.78, 5) is 25.7. The third-order valence-corrected chi connectivity index (χ3v) is 6.15. The molecule has 2 bridgehead atoms. The smallest absolute Gasteiger partial charge is 0.337 e. The molecule has 0 aromatic heterocycles. The summed E-state index contributed by atoms with van der Waals surface area (Å²) in [5, 5.41) is -0.286. The standard InChI is InChI=1S/C18H21Cl2NO3/c1-2-24-17(23)18(20)14-10-13(8-9-15(14)19)21(16(18)22)11-12-6-4-3-5-7-12/h3-7,13-15H,2,8-11H2,1H3/t13-,14-,15-,18-/m1/s1. The molecule has 1 amide bonds. The van der Waals surface area contributed by atoms with E-state index in [2.05, 4.69) is 0 Å². The average molecular weight is 370 g/mol. The van der Waals surface area contributed by atoms with Crippen molar-refractivity contribution >= 4 is 35.1 Å². The van der Waals surface area contributed by atoms with Crippen molar-refractivity contribution in [2.45, 2.75) is 49.0 Å². The van der Waals surface area contributed by atoms with E-state index in [0.717, 1.165) is 18.4 Å². The number of carbonyl (C=O) groups is 2. The number of halogens is 2. The van der Waals surface area contributed by atoms with Crippen LogP contribution in [0, 0.1) is 5.92 Å². The van der Waals surface area contributed by atoms with Crippen LogP contribution in [-0.2, 0) is 20.9 Å². The van der Waals surface area contributed by atoms with Gasteiger partial charge in [-0.3, -0.25) is 4.79 Å². The normalized spacial score (nSPS) is 32.5. The maximum absolute atomic E-state index is 13.2. The molecule has 3 rings (SSSR count). The number of hydrogen-bond acceptors (Lipinski definition) is 3. The van der Waals surface area contributed by atoms with Crippen molar-refractivity contribution in [2.75, 3.05) is 6.61 Å². The van der Waals surface area contributed by atoms with Gasteiger partial charge >= 0.3 is 5.97 Å². The summed E-state index contributed by atoms with van der Waals surface area (Å²) in [7, 11) is 0. The summed E-state index contributed by atoms with van der Waals surface area (Å²) in [5.41, 5.74) is 1.01. The number of ether oxygens (including phenoxy) is 1. The molecule has 2 aliphatic rings. The molecule has 0 unspecified atom stereocenters. The Morgan fingerprint density at radius 1 is 1.33 bits per heavy atom. The van der Waals surface area contributed by atoms with E-state index in [1.807, 2.05) is 30.3 Å². The Morgan fingerprint density at radius 3 is 2.71 bits per heavy atom. The molecule has 1 heterocycles. The van der Waals surface area contributed by atoms with Gasteiger partial charge in [-0.15, -0.1) is 11.6 Å². The van der Waals surface area contributed by atoms with Crippen LogP contribution in [0.2, 0.25) is 0 Å². The van der Waals surface area contributed by atoms with Crippen molar-refractivity contribution < 1.29 is 14.3 Å². The van der Waals surface area contributed by atoms with E-state index in [1.165, 1.54) is 0 Å². The molecule has 4 atom stereocenters. The van der Waals surface area contributed by atoms with Crippen LogP contribution in [0.4, 0.5) is 0 Å². The number of hydrogen-bond donors (Lipinski definition) is 0. The number of carbonyl (C=O) groups excluding carboxylic acids is 2. The highest BCUT2D eigenvalue weighted by molar-refractivity contribution is 6.46. The van der Waals surface area contributed by atoms with Crippen LogP contribution in [0.5, 0.6) is 0 Å². The van der Waals surface area contributed by atoms with Gasteiger partial charge in [-0.25, -0.2) is 4.79 Å². The average Bonchev–Trinajstić information content (AvgIpc) is 2.59. The molecule has 2 fully saturated rings. The van der Waals surface area contributed by atoms with Crippen LogP contribution in [0.15, 0.2) is 30.3 Å². The van der Waals surface area contributed by atoms with Gasteiger partial charge in [0, 0.05) is 23.9 Å². The van der Waals surface area contributed by atoms with Crippen molar-refractivity contribution in [3.8, 4) is 0 Å². The Labute approximate surface area is 152 Å². The summed E-state index contributed by atoms with van der Waals surface area (Å²) in [6.45, 7) is 2.33. The maximum atomic E-state index is 13.2. The molecular weight excluding hydrogens is 349 g/mol. The van der Waals surface area contributed by atoms with Crippen molar-refractivity contribution in [2.24, 2.45) is 5.92 Å². The second-order valence-electron chi connectivity index (χ2n) is 6.44. The van der Waals surface area contributed by atoms with Gasteiger partial charge in [-0.05, 0) is 31.7 Å². The zero-order valence-electron chi connectivity index (χ0n) is 13.6. The Bertz CT molecular complexity index is 624. The first-order valence-electron chi connectivity index (χ1n) is 8.33. The number of amides is 1. The molecule has 130 valence electrons. The minimum atomic E-state index is -1.71. The van der Waals surface area contributed by atoms with Crippen LogP contribution < -0.4 is 0 Å². The van der Waals surface area contributed by atoms with Crippen LogP contribution in [0.25, 0.3) is 0 Å². The summed E-state index contributed by atoms with van der Waals surface area (Å²) >= 11 is 13.0. The molecule has 0 N–H and O–H groups in total. The molecule has 1 aliphatic heterocycles. The predicted octanol–water partition coefficient (Wildman–Crippen LogP) is 3.35. The highest BCUT2D eigenvalue weighted by atomic mass is 35.5. The molecule has 1 saturated heterocycles. The number of nitrogens with zero attached hydrogens (tertiary/aromatic N) is 1. The second kappa shape index (κ2) is 6.93. The zero-order chi connectivity index (χ0) is 17.3. The number of piperidine rings is 1. The van der Waals surface area contributed by atoms with Crippen LogP contribution in [0.1, 0.15) is 31.7 Å². The molecule has 1 aromatic rings. The van der Waals surface area contributed by atoms with Gasteiger partial charge in [-0.2, -0.15) is 0 Å². The van der Waals surface area contributed by atoms with Gasteiger partial charge in [0.05, 0.1) is 6.61 Å². The third kappa shape index (κ3) is 2.91. The zero-order valence-corrected chi connectivity index (χ0v) is 15.1. The summed E-state index contributed by atoms with van der Waals surface area (Å²) in [6.07, 6.45) is 2.21. The van der Waals surface area contributed by atoms with E-state index in [4.69, 9.17) is 27.9 Å². The van der Waals surface area contributed by atoms with Gasteiger partial charge in [0.2, 0.25) is 4.87 Å². The van der Waals surface area contributed by atoms with E-state index < -0.39 is 16.8 Å². The van der Waals surface area contributed by atoms with Crippen molar-refractivity contribution in [3.05, 3.63) is 35.9 Å². The van der Waals surface area contributed by atoms with E-state index >= 15 is 0 Å². The van der Waals surface area contributed by atoms with E-state index in [0.29, 0.717) is 13.0 Å². The van der Waals surface area contributed by atoms with Gasteiger partial charge in [-0.1, -0.05) is 41.9 Å². The maximum Gasteiger partial charge on any atom is 0.337 e. The van der Waals surface area contributed by atoms with Crippen LogP contribution in [-0.4, -0.2) is 39.7 Å². The first-order valence-corrected chi connectivity index (χ1v) is 9.15. The Hall–Kier alpha value is -1.26. The number of fused-ring (bicyclic) bond motifs is 2. The number of benzene rings is 1. The number of rotatable bonds is 4. The highest BCUT2D eigenvalue weighted by Gasteiger charge is 2.61. The van der Waals surface area contributed by atoms with E-state index in [-0.39, 0.29) is 23.9 Å². The topological polar surface area (TPSA) is 46.6 Å². The third-order valence-electron chi connectivity index (χ3n) is 5.03. The van der Waals surface area contributed by atoms with Crippen LogP contribution >= 0.6 is 23.2 Å². The minimum absolute atomic E-state index is 0.0685. The lowest BCUT2D eigenvalue weighted by Crippen LogP contribution is -2.66. The minimum Gasteiger partial charge on any atom is -0.464 e. The quantitative estimate of drug-likeness (QED) is 0.464. The molecule has 1 saturated carbocycles. The van der Waals surface area contributed by atoms with Gasteiger partial charge in [0.25, 0.3) is 5.91 Å². The summed E-state index contributed by atoms with van der Waals surface area (Å²) < 4.78 is 5.12. The molecule has 1 aromatic carbocycles. The molecule has 6 heteroatoms. The lowest BCUT2D eigenvalue weighted by Gasteiger charge is -2.51. The SMILES string of the molecule is CCOC(=O)[C@]1(Cl)C(=O)N(Cc2ccccc2)[C@@H]2CC[C@@H](Cl)[C@H]1C2. The lowest BCUT2D eigenvalue weighted by atomic mass is 9.72. The number of esters is 1. The second-order valence-corrected chi connectivity index (χ2v) is 7.60. The highest BCUT2D eigenvalue weighted by Crippen LogP contribution is 2.47. The predicted molar refractivity (Wildman–Crippen MR) is 93.0 cm³/mol. The molecule has 0 spiro atoms. The lowest BCUT2D eigenvalue weighted by molar-refractivity contribution is -0.162. The monoisotopic (exact) mass is 369 g/mol. The Kier molecular flexibility index (Phi) is 5.07. The molecule has 4 nitrogen and oxygen atoms in total.